The second kappa shape index (κ2) is 8.70. The maximum absolute atomic E-state index is 13.1. The number of halogens is 1. The minimum Gasteiger partial charge on any atom is -0.484 e. The van der Waals surface area contributed by atoms with Crippen molar-refractivity contribution >= 4 is 15.9 Å². The van der Waals surface area contributed by atoms with Gasteiger partial charge >= 0.3 is 0 Å². The van der Waals surface area contributed by atoms with Crippen molar-refractivity contribution in [3.05, 3.63) is 59.9 Å². The Morgan fingerprint density at radius 2 is 1.75 bits per heavy atom. The zero-order valence-electron chi connectivity index (χ0n) is 15.7. The van der Waals surface area contributed by atoms with Gasteiger partial charge in [0.25, 0.3) is 5.91 Å². The Balaban J connectivity index is 1.60. The summed E-state index contributed by atoms with van der Waals surface area (Å²) in [5, 5.41) is 0. The summed E-state index contributed by atoms with van der Waals surface area (Å²) in [7, 11) is -3.71. The quantitative estimate of drug-likeness (QED) is 0.765. The third-order valence-electron chi connectivity index (χ3n) is 4.70. The average molecular weight is 406 g/mol. The topological polar surface area (TPSA) is 66.9 Å². The smallest absolute Gasteiger partial charge is 0.260 e. The predicted molar refractivity (Wildman–Crippen MR) is 103 cm³/mol. The first kappa shape index (κ1) is 20.3. The standard InChI is InChI=1S/C20H23FN2O4S/c1-16-5-2-3-6-19(16)27-15-20(24)22-11-4-12-23(14-13-22)28(25,26)18-9-7-17(21)8-10-18/h2-3,5-10H,4,11-15H2,1H3. The number of sulfonamides is 1. The maximum Gasteiger partial charge on any atom is 0.260 e. The molecule has 28 heavy (non-hydrogen) atoms. The Hall–Kier alpha value is -2.45. The summed E-state index contributed by atoms with van der Waals surface area (Å²) in [5.74, 6) is -0.00397. The highest BCUT2D eigenvalue weighted by molar-refractivity contribution is 7.89. The van der Waals surface area contributed by atoms with Gasteiger partial charge in [-0.05, 0) is 49.2 Å². The zero-order chi connectivity index (χ0) is 20.1. The fourth-order valence-electron chi connectivity index (χ4n) is 3.09. The summed E-state index contributed by atoms with van der Waals surface area (Å²) in [6.07, 6.45) is 0.524. The molecule has 6 nitrogen and oxygen atoms in total. The average Bonchev–Trinajstić information content (AvgIpc) is 2.94. The highest BCUT2D eigenvalue weighted by atomic mass is 32.2. The predicted octanol–water partition coefficient (Wildman–Crippen LogP) is 2.44. The molecule has 0 radical (unpaired) electrons. The van der Waals surface area contributed by atoms with Gasteiger partial charge in [0.2, 0.25) is 10.0 Å². The van der Waals surface area contributed by atoms with Crippen molar-refractivity contribution < 1.29 is 22.3 Å². The van der Waals surface area contributed by atoms with Gasteiger partial charge in [-0.25, -0.2) is 12.8 Å². The van der Waals surface area contributed by atoms with Crippen LogP contribution in [0.15, 0.2) is 53.4 Å². The first-order valence-corrected chi connectivity index (χ1v) is 10.5. The van der Waals surface area contributed by atoms with Crippen LogP contribution in [0.3, 0.4) is 0 Å². The number of carbonyl (C=O) groups excluding carboxylic acids is 1. The fourth-order valence-corrected chi connectivity index (χ4v) is 4.56. The van der Waals surface area contributed by atoms with Crippen molar-refractivity contribution in [2.24, 2.45) is 0 Å². The number of aryl methyl sites for hydroxylation is 1. The number of amides is 1. The number of hydrogen-bond acceptors (Lipinski definition) is 4. The second-order valence-electron chi connectivity index (χ2n) is 6.65. The lowest BCUT2D eigenvalue weighted by Gasteiger charge is -2.22. The zero-order valence-corrected chi connectivity index (χ0v) is 16.5. The van der Waals surface area contributed by atoms with E-state index in [0.29, 0.717) is 25.3 Å². The largest absolute Gasteiger partial charge is 0.484 e. The van der Waals surface area contributed by atoms with Crippen molar-refractivity contribution in [3.8, 4) is 5.75 Å². The molecule has 0 saturated carbocycles. The summed E-state index contributed by atoms with van der Waals surface area (Å²) in [6.45, 7) is 3.07. The Morgan fingerprint density at radius 3 is 2.46 bits per heavy atom. The summed E-state index contributed by atoms with van der Waals surface area (Å²) in [4.78, 5) is 14.2. The molecule has 1 aliphatic rings. The van der Waals surface area contributed by atoms with Crippen LogP contribution in [0, 0.1) is 12.7 Å². The molecule has 1 amide bonds. The molecule has 150 valence electrons. The Labute approximate surface area is 164 Å². The van der Waals surface area contributed by atoms with Crippen molar-refractivity contribution in [3.63, 3.8) is 0 Å². The molecule has 1 fully saturated rings. The lowest BCUT2D eigenvalue weighted by atomic mass is 10.2. The van der Waals surface area contributed by atoms with E-state index in [2.05, 4.69) is 0 Å². The van der Waals surface area contributed by atoms with Gasteiger partial charge in [0.1, 0.15) is 11.6 Å². The lowest BCUT2D eigenvalue weighted by molar-refractivity contribution is -0.133. The van der Waals surface area contributed by atoms with Gasteiger partial charge in [-0.3, -0.25) is 4.79 Å². The highest BCUT2D eigenvalue weighted by Crippen LogP contribution is 2.19. The van der Waals surface area contributed by atoms with E-state index in [9.17, 15) is 17.6 Å². The second-order valence-corrected chi connectivity index (χ2v) is 8.58. The summed E-state index contributed by atoms with van der Waals surface area (Å²) in [5.41, 5.74) is 0.947. The molecule has 0 aliphatic carbocycles. The van der Waals surface area contributed by atoms with Gasteiger partial charge in [-0.1, -0.05) is 18.2 Å². The monoisotopic (exact) mass is 406 g/mol. The van der Waals surface area contributed by atoms with Gasteiger partial charge in [-0.2, -0.15) is 4.31 Å². The number of carbonyl (C=O) groups is 1. The van der Waals surface area contributed by atoms with Crippen LogP contribution in [-0.2, 0) is 14.8 Å². The minimum absolute atomic E-state index is 0.0524. The number of rotatable bonds is 5. The van der Waals surface area contributed by atoms with E-state index in [1.54, 1.807) is 4.90 Å². The molecule has 0 bridgehead atoms. The van der Waals surface area contributed by atoms with Gasteiger partial charge in [0.05, 0.1) is 4.90 Å². The summed E-state index contributed by atoms with van der Waals surface area (Å²) < 4.78 is 45.5. The first-order chi connectivity index (χ1) is 13.4. The molecular formula is C20H23FN2O4S. The van der Waals surface area contributed by atoms with Gasteiger partial charge < -0.3 is 9.64 Å². The van der Waals surface area contributed by atoms with Crippen LogP contribution >= 0.6 is 0 Å². The molecule has 3 rings (SSSR count). The third-order valence-corrected chi connectivity index (χ3v) is 6.62. The molecule has 1 heterocycles. The van der Waals surface area contributed by atoms with E-state index >= 15 is 0 Å². The molecule has 1 aliphatic heterocycles. The first-order valence-electron chi connectivity index (χ1n) is 9.10. The van der Waals surface area contributed by atoms with Crippen LogP contribution in [-0.4, -0.2) is 56.3 Å². The number of hydrogen-bond donors (Lipinski definition) is 0. The van der Waals surface area contributed by atoms with E-state index in [4.69, 9.17) is 4.74 Å². The van der Waals surface area contributed by atoms with Gasteiger partial charge in [-0.15, -0.1) is 0 Å². The fraction of sp³-hybridized carbons (Fsp3) is 0.350. The molecular weight excluding hydrogens is 383 g/mol. The highest BCUT2D eigenvalue weighted by Gasteiger charge is 2.28. The number of benzene rings is 2. The molecule has 2 aromatic carbocycles. The number of nitrogens with zero attached hydrogens (tertiary/aromatic N) is 2. The van der Waals surface area contributed by atoms with Crippen LogP contribution in [0.4, 0.5) is 4.39 Å². The molecule has 1 saturated heterocycles. The molecule has 0 spiro atoms. The van der Waals surface area contributed by atoms with Gasteiger partial charge in [0.15, 0.2) is 6.61 Å². The molecule has 0 aromatic heterocycles. The van der Waals surface area contributed by atoms with Crippen LogP contribution in [0.5, 0.6) is 5.75 Å². The van der Waals surface area contributed by atoms with E-state index in [1.165, 1.54) is 16.4 Å². The Morgan fingerprint density at radius 1 is 1.04 bits per heavy atom. The molecule has 0 unspecified atom stereocenters. The normalized spacial score (nSPS) is 15.9. The summed E-state index contributed by atoms with van der Waals surface area (Å²) >= 11 is 0. The van der Waals surface area contributed by atoms with Crippen molar-refractivity contribution in [1.29, 1.82) is 0 Å². The van der Waals surface area contributed by atoms with E-state index in [-0.39, 0.29) is 30.5 Å². The number of para-hydroxylation sites is 1. The van der Waals surface area contributed by atoms with Crippen LogP contribution in [0.2, 0.25) is 0 Å². The van der Waals surface area contributed by atoms with Crippen LogP contribution in [0.1, 0.15) is 12.0 Å². The van der Waals surface area contributed by atoms with Crippen molar-refractivity contribution in [1.82, 2.24) is 9.21 Å². The van der Waals surface area contributed by atoms with E-state index in [0.717, 1.165) is 17.7 Å². The molecule has 2 aromatic rings. The maximum atomic E-state index is 13.1. The van der Waals surface area contributed by atoms with E-state index < -0.39 is 15.8 Å². The third kappa shape index (κ3) is 4.69. The number of ether oxygens (including phenoxy) is 1. The molecule has 8 heteroatoms. The molecule has 0 N–H and O–H groups in total. The molecule has 0 atom stereocenters. The minimum atomic E-state index is -3.71. The van der Waals surface area contributed by atoms with Crippen LogP contribution in [0.25, 0.3) is 0 Å². The Bertz CT molecular complexity index is 931. The van der Waals surface area contributed by atoms with Gasteiger partial charge in [0, 0.05) is 26.2 Å². The summed E-state index contributed by atoms with van der Waals surface area (Å²) in [6, 6.07) is 12.2. The Kier molecular flexibility index (Phi) is 6.31. The van der Waals surface area contributed by atoms with Crippen LogP contribution < -0.4 is 4.74 Å². The SMILES string of the molecule is Cc1ccccc1OCC(=O)N1CCCN(S(=O)(=O)c2ccc(F)cc2)CC1. The van der Waals surface area contributed by atoms with E-state index in [1.807, 2.05) is 31.2 Å². The lowest BCUT2D eigenvalue weighted by Crippen LogP contribution is -2.39. The van der Waals surface area contributed by atoms with Crippen molar-refractivity contribution in [2.45, 2.75) is 18.2 Å². The van der Waals surface area contributed by atoms with Crippen molar-refractivity contribution in [2.75, 3.05) is 32.8 Å².